The van der Waals surface area contributed by atoms with Crippen molar-refractivity contribution in [2.45, 2.75) is 52.2 Å². The molecule has 7 heteroatoms. The van der Waals surface area contributed by atoms with Gasteiger partial charge < -0.3 is 14.5 Å². The first-order valence-electron chi connectivity index (χ1n) is 7.87. The van der Waals surface area contributed by atoms with E-state index < -0.39 is 5.60 Å². The quantitative estimate of drug-likeness (QED) is 0.773. The van der Waals surface area contributed by atoms with E-state index in [2.05, 4.69) is 9.97 Å². The summed E-state index contributed by atoms with van der Waals surface area (Å²) in [4.78, 5) is 24.7. The van der Waals surface area contributed by atoms with Crippen LogP contribution in [0.1, 0.15) is 39.3 Å². The second kappa shape index (κ2) is 6.91. The maximum Gasteiger partial charge on any atom is 0.410 e. The topological polar surface area (TPSA) is 58.6 Å². The number of nitrogens with zero attached hydrogens (tertiary/aromatic N) is 4. The number of carbonyl (C=O) groups is 1. The van der Waals surface area contributed by atoms with Gasteiger partial charge in [-0.15, -0.1) is 0 Å². The highest BCUT2D eigenvalue weighted by atomic mass is 35.5. The molecule has 1 aromatic rings. The van der Waals surface area contributed by atoms with E-state index in [9.17, 15) is 4.79 Å². The van der Waals surface area contributed by atoms with Gasteiger partial charge in [-0.25, -0.2) is 14.8 Å². The lowest BCUT2D eigenvalue weighted by atomic mass is 10.1. The van der Waals surface area contributed by atoms with Gasteiger partial charge in [0.05, 0.1) is 0 Å². The Balaban J connectivity index is 2.06. The van der Waals surface area contributed by atoms with E-state index in [0.717, 1.165) is 18.5 Å². The van der Waals surface area contributed by atoms with E-state index in [1.54, 1.807) is 11.0 Å². The molecule has 1 aromatic heterocycles. The lowest BCUT2D eigenvalue weighted by molar-refractivity contribution is 0.0199. The van der Waals surface area contributed by atoms with Crippen LogP contribution in [0, 0.1) is 6.92 Å². The molecule has 0 spiro atoms. The van der Waals surface area contributed by atoms with Crippen LogP contribution in [-0.2, 0) is 4.74 Å². The molecule has 1 atom stereocenters. The summed E-state index contributed by atoms with van der Waals surface area (Å²) in [6.45, 7) is 8.83. The molecule has 6 nitrogen and oxygen atoms in total. The van der Waals surface area contributed by atoms with Crippen LogP contribution < -0.4 is 4.90 Å². The first kappa shape index (κ1) is 17.8. The van der Waals surface area contributed by atoms with Crippen LogP contribution in [0.4, 0.5) is 10.7 Å². The van der Waals surface area contributed by atoms with Crippen LogP contribution >= 0.6 is 11.6 Å². The minimum Gasteiger partial charge on any atom is -0.444 e. The number of piperidine rings is 1. The fraction of sp³-hybridized carbons (Fsp3) is 0.688. The molecule has 2 rings (SSSR count). The molecule has 1 aliphatic rings. The highest BCUT2D eigenvalue weighted by Gasteiger charge is 2.30. The number of likely N-dealkylation sites (tertiary alicyclic amines) is 1. The molecule has 1 saturated heterocycles. The molecule has 0 radical (unpaired) electrons. The smallest absolute Gasteiger partial charge is 0.410 e. The van der Waals surface area contributed by atoms with Gasteiger partial charge in [0, 0.05) is 31.9 Å². The fourth-order valence-corrected chi connectivity index (χ4v) is 2.83. The molecule has 128 valence electrons. The first-order chi connectivity index (χ1) is 10.7. The number of amides is 1. The number of likely N-dealkylation sites (N-methyl/N-ethyl adjacent to an activating group) is 1. The third kappa shape index (κ3) is 4.96. The summed E-state index contributed by atoms with van der Waals surface area (Å²) in [5.41, 5.74) is 0.343. The SMILES string of the molecule is Cc1cc(Cl)nc(N(C)[C@@H]2CCCN(C(=O)OC(C)(C)C)C2)n1. The lowest BCUT2D eigenvalue weighted by Gasteiger charge is -2.38. The molecular weight excluding hydrogens is 316 g/mol. The Morgan fingerprint density at radius 3 is 2.74 bits per heavy atom. The van der Waals surface area contributed by atoms with E-state index in [0.29, 0.717) is 24.2 Å². The predicted molar refractivity (Wildman–Crippen MR) is 91.0 cm³/mol. The molecule has 2 heterocycles. The Hall–Kier alpha value is -1.56. The Bertz CT molecular complexity index is 553. The predicted octanol–water partition coefficient (Wildman–Crippen LogP) is 3.27. The molecule has 1 amide bonds. The van der Waals surface area contributed by atoms with Crippen molar-refractivity contribution in [2.75, 3.05) is 25.0 Å². The zero-order chi connectivity index (χ0) is 17.2. The Labute approximate surface area is 142 Å². The fourth-order valence-electron chi connectivity index (χ4n) is 2.60. The van der Waals surface area contributed by atoms with Crippen LogP contribution in [-0.4, -0.2) is 52.7 Å². The lowest BCUT2D eigenvalue weighted by Crippen LogP contribution is -2.50. The van der Waals surface area contributed by atoms with Gasteiger partial charge in [-0.05, 0) is 46.6 Å². The molecule has 0 bridgehead atoms. The molecule has 0 saturated carbocycles. The van der Waals surface area contributed by atoms with Crippen molar-refractivity contribution in [3.05, 3.63) is 16.9 Å². The van der Waals surface area contributed by atoms with Gasteiger partial charge in [-0.3, -0.25) is 0 Å². The second-order valence-corrected chi connectivity index (χ2v) is 7.35. The van der Waals surface area contributed by atoms with Gasteiger partial charge in [-0.1, -0.05) is 11.6 Å². The van der Waals surface area contributed by atoms with Crippen molar-refractivity contribution in [1.29, 1.82) is 0 Å². The molecule has 0 aliphatic carbocycles. The third-order valence-corrected chi connectivity index (χ3v) is 3.92. The number of anilines is 1. The number of halogens is 1. The zero-order valence-electron chi connectivity index (χ0n) is 14.5. The Morgan fingerprint density at radius 2 is 2.13 bits per heavy atom. The number of ether oxygens (including phenoxy) is 1. The van der Waals surface area contributed by atoms with E-state index in [1.807, 2.05) is 39.6 Å². The minimum atomic E-state index is -0.483. The summed E-state index contributed by atoms with van der Waals surface area (Å²) < 4.78 is 5.47. The summed E-state index contributed by atoms with van der Waals surface area (Å²) in [5, 5.41) is 0.430. The highest BCUT2D eigenvalue weighted by Crippen LogP contribution is 2.22. The van der Waals surface area contributed by atoms with Gasteiger partial charge in [0.25, 0.3) is 0 Å². The number of hydrogen-bond donors (Lipinski definition) is 0. The largest absolute Gasteiger partial charge is 0.444 e. The van der Waals surface area contributed by atoms with Crippen LogP contribution in [0.3, 0.4) is 0 Å². The molecule has 0 unspecified atom stereocenters. The van der Waals surface area contributed by atoms with E-state index >= 15 is 0 Å². The standard InChI is InChI=1S/C16H25ClN4O2/c1-11-9-13(17)19-14(18-11)20(5)12-7-6-8-21(10-12)15(22)23-16(2,3)4/h9,12H,6-8,10H2,1-5H3/t12-/m1/s1. The second-order valence-electron chi connectivity index (χ2n) is 6.97. The van der Waals surface area contributed by atoms with Gasteiger partial charge in [0.15, 0.2) is 0 Å². The average molecular weight is 341 g/mol. The van der Waals surface area contributed by atoms with Crippen molar-refractivity contribution in [2.24, 2.45) is 0 Å². The summed E-state index contributed by atoms with van der Waals surface area (Å²) >= 11 is 6.02. The molecule has 0 aromatic carbocycles. The molecule has 1 fully saturated rings. The van der Waals surface area contributed by atoms with Crippen LogP contribution in [0.2, 0.25) is 5.15 Å². The maximum absolute atomic E-state index is 12.3. The monoisotopic (exact) mass is 340 g/mol. The Kier molecular flexibility index (Phi) is 5.34. The molecule has 23 heavy (non-hydrogen) atoms. The van der Waals surface area contributed by atoms with Gasteiger partial charge >= 0.3 is 6.09 Å². The minimum absolute atomic E-state index is 0.147. The Morgan fingerprint density at radius 1 is 1.43 bits per heavy atom. The maximum atomic E-state index is 12.3. The zero-order valence-corrected chi connectivity index (χ0v) is 15.2. The summed E-state index contributed by atoms with van der Waals surface area (Å²) in [6.07, 6.45) is 1.64. The van der Waals surface area contributed by atoms with Crippen LogP contribution in [0.5, 0.6) is 0 Å². The summed E-state index contributed by atoms with van der Waals surface area (Å²) in [6, 6.07) is 1.88. The first-order valence-corrected chi connectivity index (χ1v) is 8.25. The summed E-state index contributed by atoms with van der Waals surface area (Å²) in [5.74, 6) is 0.589. The van der Waals surface area contributed by atoms with Crippen LogP contribution in [0.15, 0.2) is 6.07 Å². The summed E-state index contributed by atoms with van der Waals surface area (Å²) in [7, 11) is 1.94. The van der Waals surface area contributed by atoms with Crippen LogP contribution in [0.25, 0.3) is 0 Å². The number of aryl methyl sites for hydroxylation is 1. The van der Waals surface area contributed by atoms with E-state index in [-0.39, 0.29) is 12.1 Å². The highest BCUT2D eigenvalue weighted by molar-refractivity contribution is 6.29. The van der Waals surface area contributed by atoms with Gasteiger partial charge in [0.1, 0.15) is 10.8 Å². The van der Waals surface area contributed by atoms with Crippen molar-refractivity contribution in [1.82, 2.24) is 14.9 Å². The third-order valence-electron chi connectivity index (χ3n) is 3.72. The number of aromatic nitrogens is 2. The van der Waals surface area contributed by atoms with Crippen molar-refractivity contribution >= 4 is 23.6 Å². The molecular formula is C16H25ClN4O2. The average Bonchev–Trinajstić information content (AvgIpc) is 2.44. The number of rotatable bonds is 2. The van der Waals surface area contributed by atoms with Crippen molar-refractivity contribution < 1.29 is 9.53 Å². The van der Waals surface area contributed by atoms with E-state index in [1.165, 1.54) is 0 Å². The molecule has 1 aliphatic heterocycles. The number of carbonyl (C=O) groups excluding carboxylic acids is 1. The molecule has 0 N–H and O–H groups in total. The van der Waals surface area contributed by atoms with Gasteiger partial charge in [0.2, 0.25) is 5.95 Å². The van der Waals surface area contributed by atoms with Crippen molar-refractivity contribution in [3.8, 4) is 0 Å². The van der Waals surface area contributed by atoms with Gasteiger partial charge in [-0.2, -0.15) is 0 Å². The number of hydrogen-bond acceptors (Lipinski definition) is 5. The normalized spacial score (nSPS) is 18.7. The van der Waals surface area contributed by atoms with E-state index in [4.69, 9.17) is 16.3 Å². The van der Waals surface area contributed by atoms with Crippen molar-refractivity contribution in [3.63, 3.8) is 0 Å².